The van der Waals surface area contributed by atoms with Crippen molar-refractivity contribution in [1.82, 2.24) is 4.98 Å². The van der Waals surface area contributed by atoms with Crippen molar-refractivity contribution in [2.24, 2.45) is 0 Å². The Kier molecular flexibility index (Phi) is 4.08. The average molecular weight is 279 g/mol. The maximum atomic E-state index is 11.0. The third-order valence-electron chi connectivity index (χ3n) is 2.70. The highest BCUT2D eigenvalue weighted by Gasteiger charge is 2.19. The van der Waals surface area contributed by atoms with E-state index in [1.807, 2.05) is 16.8 Å². The maximum Gasteiger partial charge on any atom is 0.314 e. The van der Waals surface area contributed by atoms with Crippen molar-refractivity contribution < 1.29 is 10.0 Å². The molecule has 0 saturated heterocycles. The summed E-state index contributed by atoms with van der Waals surface area (Å²) in [6.45, 7) is 1.83. The Morgan fingerprint density at radius 1 is 1.58 bits per heavy atom. The highest BCUT2D eigenvalue weighted by Crippen LogP contribution is 2.26. The van der Waals surface area contributed by atoms with E-state index in [0.29, 0.717) is 5.56 Å². The van der Waals surface area contributed by atoms with Crippen LogP contribution in [0.4, 0.5) is 11.5 Å². The highest BCUT2D eigenvalue weighted by atomic mass is 32.1. The third-order valence-corrected chi connectivity index (χ3v) is 3.40. The summed E-state index contributed by atoms with van der Waals surface area (Å²) in [4.78, 5) is 14.5. The van der Waals surface area contributed by atoms with Gasteiger partial charge >= 0.3 is 5.69 Å². The van der Waals surface area contributed by atoms with Gasteiger partial charge in [0.05, 0.1) is 11.0 Å². The normalized spacial score (nSPS) is 12.1. The summed E-state index contributed by atoms with van der Waals surface area (Å²) in [5.74, 6) is 0.180. The van der Waals surface area contributed by atoms with E-state index in [4.69, 9.17) is 0 Å². The predicted octanol–water partition coefficient (Wildman–Crippen LogP) is 2.51. The molecule has 0 aliphatic rings. The molecule has 1 unspecified atom stereocenters. The Hall–Kier alpha value is -1.99. The van der Waals surface area contributed by atoms with Crippen LogP contribution in [-0.2, 0) is 0 Å². The minimum absolute atomic E-state index is 0.0555. The van der Waals surface area contributed by atoms with Gasteiger partial charge in [-0.3, -0.25) is 10.1 Å². The van der Waals surface area contributed by atoms with Gasteiger partial charge in [-0.2, -0.15) is 11.3 Å². The minimum atomic E-state index is -0.715. The van der Waals surface area contributed by atoms with E-state index in [1.165, 1.54) is 17.5 Å². The fourth-order valence-electron chi connectivity index (χ4n) is 1.69. The lowest BCUT2D eigenvalue weighted by Gasteiger charge is -2.11. The van der Waals surface area contributed by atoms with Crippen molar-refractivity contribution in [2.75, 3.05) is 11.9 Å². The standard InChI is InChI=1S/C12H13N3O3S/c1-8-2-4-13-12(11(8)15(17)18)14-6-10(16)9-3-5-19-7-9/h2-5,7,10,16H,6H2,1H3,(H,13,14). The van der Waals surface area contributed by atoms with E-state index < -0.39 is 11.0 Å². The third kappa shape index (κ3) is 3.07. The van der Waals surface area contributed by atoms with Crippen molar-refractivity contribution in [1.29, 1.82) is 0 Å². The highest BCUT2D eigenvalue weighted by molar-refractivity contribution is 7.07. The Bertz CT molecular complexity index is 572. The molecule has 1 atom stereocenters. The van der Waals surface area contributed by atoms with Gasteiger partial charge in [-0.1, -0.05) is 0 Å². The van der Waals surface area contributed by atoms with E-state index in [0.717, 1.165) is 5.56 Å². The zero-order chi connectivity index (χ0) is 13.8. The molecule has 100 valence electrons. The Labute approximate surface area is 113 Å². The number of aromatic nitrogens is 1. The molecule has 2 aromatic heterocycles. The molecule has 0 amide bonds. The summed E-state index contributed by atoms with van der Waals surface area (Å²) >= 11 is 1.49. The first-order valence-electron chi connectivity index (χ1n) is 5.63. The molecule has 2 aromatic rings. The fourth-order valence-corrected chi connectivity index (χ4v) is 2.39. The zero-order valence-electron chi connectivity index (χ0n) is 10.2. The number of rotatable bonds is 5. The predicted molar refractivity (Wildman–Crippen MR) is 73.4 cm³/mol. The van der Waals surface area contributed by atoms with Crippen LogP contribution < -0.4 is 5.32 Å². The summed E-state index contributed by atoms with van der Waals surface area (Å²) in [5.41, 5.74) is 1.26. The number of anilines is 1. The van der Waals surface area contributed by atoms with E-state index in [1.54, 1.807) is 13.0 Å². The number of aliphatic hydroxyl groups excluding tert-OH is 1. The zero-order valence-corrected chi connectivity index (χ0v) is 11.1. The van der Waals surface area contributed by atoms with Crippen molar-refractivity contribution in [3.63, 3.8) is 0 Å². The van der Waals surface area contributed by atoms with Crippen LogP contribution >= 0.6 is 11.3 Å². The first-order chi connectivity index (χ1) is 9.09. The van der Waals surface area contributed by atoms with Crippen LogP contribution in [0.25, 0.3) is 0 Å². The van der Waals surface area contributed by atoms with E-state index >= 15 is 0 Å². The largest absolute Gasteiger partial charge is 0.387 e. The molecule has 19 heavy (non-hydrogen) atoms. The minimum Gasteiger partial charge on any atom is -0.387 e. The first kappa shape index (κ1) is 13.4. The van der Waals surface area contributed by atoms with Gasteiger partial charge in [0.25, 0.3) is 0 Å². The summed E-state index contributed by atoms with van der Waals surface area (Å²) in [5, 5.41) is 27.4. The van der Waals surface area contributed by atoms with Crippen LogP contribution in [0.1, 0.15) is 17.2 Å². The molecule has 0 bridgehead atoms. The molecule has 0 aromatic carbocycles. The summed E-state index contributed by atoms with van der Waals surface area (Å²) in [6, 6.07) is 3.40. The van der Waals surface area contributed by atoms with Crippen LogP contribution in [0.3, 0.4) is 0 Å². The van der Waals surface area contributed by atoms with E-state index in [-0.39, 0.29) is 18.1 Å². The molecular weight excluding hydrogens is 266 g/mol. The van der Waals surface area contributed by atoms with Gasteiger partial charge in [0, 0.05) is 18.3 Å². The number of thiophene rings is 1. The lowest BCUT2D eigenvalue weighted by Crippen LogP contribution is -2.13. The Morgan fingerprint density at radius 3 is 3.00 bits per heavy atom. The molecule has 6 nitrogen and oxygen atoms in total. The lowest BCUT2D eigenvalue weighted by atomic mass is 10.2. The number of nitrogens with zero attached hydrogens (tertiary/aromatic N) is 2. The Morgan fingerprint density at radius 2 is 2.37 bits per heavy atom. The van der Waals surface area contributed by atoms with Gasteiger partial charge in [0.2, 0.25) is 5.82 Å². The molecule has 2 heterocycles. The maximum absolute atomic E-state index is 11.0. The molecule has 7 heteroatoms. The van der Waals surface area contributed by atoms with Gasteiger partial charge in [0.1, 0.15) is 0 Å². The SMILES string of the molecule is Cc1ccnc(NCC(O)c2ccsc2)c1[N+](=O)[O-]. The van der Waals surface area contributed by atoms with Gasteiger partial charge in [-0.15, -0.1) is 0 Å². The van der Waals surface area contributed by atoms with Crippen LogP contribution in [-0.4, -0.2) is 21.6 Å². The fraction of sp³-hybridized carbons (Fsp3) is 0.250. The number of pyridine rings is 1. The number of hydrogen-bond donors (Lipinski definition) is 2. The lowest BCUT2D eigenvalue weighted by molar-refractivity contribution is -0.384. The number of hydrogen-bond acceptors (Lipinski definition) is 6. The molecule has 0 fully saturated rings. The second-order valence-electron chi connectivity index (χ2n) is 4.04. The van der Waals surface area contributed by atoms with Crippen LogP contribution in [0, 0.1) is 17.0 Å². The molecular formula is C12H13N3O3S. The molecule has 2 rings (SSSR count). The smallest absolute Gasteiger partial charge is 0.314 e. The molecule has 0 saturated carbocycles. The van der Waals surface area contributed by atoms with Crippen LogP contribution in [0.5, 0.6) is 0 Å². The molecule has 0 spiro atoms. The van der Waals surface area contributed by atoms with Gasteiger partial charge in [0.15, 0.2) is 0 Å². The number of nitrogens with one attached hydrogen (secondary N) is 1. The van der Waals surface area contributed by atoms with E-state index in [9.17, 15) is 15.2 Å². The number of aliphatic hydroxyl groups is 1. The second-order valence-corrected chi connectivity index (χ2v) is 4.82. The summed E-state index contributed by atoms with van der Waals surface area (Å²) in [6.07, 6.45) is 0.787. The van der Waals surface area contributed by atoms with Gasteiger partial charge in [-0.25, -0.2) is 4.98 Å². The monoisotopic (exact) mass is 279 g/mol. The van der Waals surface area contributed by atoms with Gasteiger partial charge < -0.3 is 10.4 Å². The van der Waals surface area contributed by atoms with E-state index in [2.05, 4.69) is 10.3 Å². The Balaban J connectivity index is 2.12. The van der Waals surface area contributed by atoms with Crippen molar-refractivity contribution in [3.8, 4) is 0 Å². The van der Waals surface area contributed by atoms with Crippen molar-refractivity contribution in [3.05, 3.63) is 50.3 Å². The summed E-state index contributed by atoms with van der Waals surface area (Å²) in [7, 11) is 0. The average Bonchev–Trinajstić information content (AvgIpc) is 2.89. The number of aryl methyl sites for hydroxylation is 1. The van der Waals surface area contributed by atoms with Crippen molar-refractivity contribution in [2.45, 2.75) is 13.0 Å². The quantitative estimate of drug-likeness (QED) is 0.648. The molecule has 0 radical (unpaired) electrons. The van der Waals surface area contributed by atoms with Crippen LogP contribution in [0.2, 0.25) is 0 Å². The molecule has 0 aliphatic heterocycles. The number of nitro groups is 1. The first-order valence-corrected chi connectivity index (χ1v) is 6.58. The van der Waals surface area contributed by atoms with Crippen LogP contribution in [0.15, 0.2) is 29.1 Å². The van der Waals surface area contributed by atoms with Gasteiger partial charge in [-0.05, 0) is 35.4 Å². The molecule has 0 aliphatic carbocycles. The molecule has 2 N–H and O–H groups in total. The topological polar surface area (TPSA) is 88.3 Å². The van der Waals surface area contributed by atoms with Crippen molar-refractivity contribution >= 4 is 22.8 Å². The second kappa shape index (κ2) is 5.77. The summed E-state index contributed by atoms with van der Waals surface area (Å²) < 4.78 is 0.